The average Bonchev–Trinajstić information content (AvgIpc) is 1.98. The molecular weight excluding hydrogens is 608 g/mol. The summed E-state index contributed by atoms with van der Waals surface area (Å²) in [6.45, 7) is 5.66. The van der Waals surface area contributed by atoms with E-state index in [1.165, 1.54) is 0 Å². The van der Waals surface area contributed by atoms with E-state index in [4.69, 9.17) is 0 Å². The first kappa shape index (κ1) is 15.2. The van der Waals surface area contributed by atoms with Gasteiger partial charge >= 0.3 is 0 Å². The summed E-state index contributed by atoms with van der Waals surface area (Å²) < 4.78 is 11.1. The molecule has 0 N–H and O–H groups in total. The van der Waals surface area contributed by atoms with Gasteiger partial charge in [-0.05, 0) is 10.8 Å². The molecule has 0 aromatic heterocycles. The molecule has 1 aliphatic heterocycles. The second-order valence-electron chi connectivity index (χ2n) is 2.13. The Morgan fingerprint density at radius 2 is 1.64 bits per heavy atom. The van der Waals surface area contributed by atoms with Gasteiger partial charge in [-0.3, -0.25) is 4.21 Å². The van der Waals surface area contributed by atoms with Gasteiger partial charge in [-0.1, -0.05) is 25.7 Å². The fraction of sp³-hybridized carbons (Fsp3) is 0.429. The quantitative estimate of drug-likeness (QED) is 0.379. The standard InChI is InChI=1S/C7H9OS.2U/c1-5-4-6(2)9(8)7(5)3;;/h1-3H3;;/q-1;;. The Hall–Kier alpha value is 1.73. The molecule has 1 aliphatic rings. The smallest absolute Gasteiger partial charge is 0 e. The predicted octanol–water partition coefficient (Wildman–Crippen LogP) is 1.75. The van der Waals surface area contributed by atoms with Crippen molar-refractivity contribution >= 4 is 10.8 Å². The number of hydrogen-bond acceptors (Lipinski definition) is 1. The van der Waals surface area contributed by atoms with Crippen molar-refractivity contribution in [2.45, 2.75) is 20.8 Å². The zero-order chi connectivity index (χ0) is 7.02. The maximum absolute atomic E-state index is 11.1. The molecule has 1 atom stereocenters. The van der Waals surface area contributed by atoms with E-state index in [2.05, 4.69) is 6.08 Å². The van der Waals surface area contributed by atoms with Crippen LogP contribution in [0.15, 0.2) is 15.4 Å². The van der Waals surface area contributed by atoms with Gasteiger partial charge in [-0.25, -0.2) is 11.6 Å². The van der Waals surface area contributed by atoms with E-state index in [0.29, 0.717) is 0 Å². The van der Waals surface area contributed by atoms with E-state index in [0.717, 1.165) is 15.4 Å². The van der Waals surface area contributed by atoms with Crippen LogP contribution in [0.5, 0.6) is 0 Å². The van der Waals surface area contributed by atoms with Gasteiger partial charge in [0.05, 0.1) is 0 Å². The van der Waals surface area contributed by atoms with Crippen molar-refractivity contribution in [3.05, 3.63) is 21.5 Å². The van der Waals surface area contributed by atoms with Crippen LogP contribution in [0.2, 0.25) is 0 Å². The van der Waals surface area contributed by atoms with Gasteiger partial charge in [0.25, 0.3) is 0 Å². The second-order valence-corrected chi connectivity index (χ2v) is 3.89. The Bertz CT molecular complexity index is 231. The van der Waals surface area contributed by atoms with E-state index in [-0.39, 0.29) is 62.2 Å². The van der Waals surface area contributed by atoms with Crippen LogP contribution in [-0.4, -0.2) is 4.21 Å². The molecule has 0 saturated carbocycles. The third-order valence-corrected chi connectivity index (χ3v) is 2.97. The van der Waals surface area contributed by atoms with Crippen LogP contribution in [0.3, 0.4) is 0 Å². The van der Waals surface area contributed by atoms with E-state index in [1.54, 1.807) is 0 Å². The van der Waals surface area contributed by atoms with Crippen LogP contribution < -0.4 is 0 Å². The third-order valence-electron chi connectivity index (χ3n) is 1.45. The summed E-state index contributed by atoms with van der Waals surface area (Å²) in [7, 11) is -0.857. The molecular formula is C7H9OSU2-. The molecule has 1 heterocycles. The molecule has 0 spiro atoms. The Morgan fingerprint density at radius 3 is 1.73 bits per heavy atom. The van der Waals surface area contributed by atoms with Gasteiger partial charge in [-0.2, -0.15) is 0 Å². The van der Waals surface area contributed by atoms with E-state index in [9.17, 15) is 4.21 Å². The van der Waals surface area contributed by atoms with Crippen LogP contribution in [0.25, 0.3) is 0 Å². The van der Waals surface area contributed by atoms with Gasteiger partial charge in [-0.15, -0.1) is 4.91 Å². The molecule has 0 aromatic carbocycles. The van der Waals surface area contributed by atoms with Crippen molar-refractivity contribution in [2.75, 3.05) is 0 Å². The number of rotatable bonds is 0. The van der Waals surface area contributed by atoms with Gasteiger partial charge < -0.3 is 0 Å². The van der Waals surface area contributed by atoms with Gasteiger partial charge in [0.1, 0.15) is 0 Å². The molecule has 0 bridgehead atoms. The fourth-order valence-corrected chi connectivity index (χ4v) is 1.80. The first-order valence-electron chi connectivity index (χ1n) is 2.82. The monoisotopic (exact) mass is 617 g/mol. The van der Waals surface area contributed by atoms with Crippen LogP contribution in [0.1, 0.15) is 20.8 Å². The molecule has 0 saturated heterocycles. The molecule has 0 amide bonds. The van der Waals surface area contributed by atoms with Crippen molar-refractivity contribution in [3.8, 4) is 0 Å². The van der Waals surface area contributed by atoms with E-state index >= 15 is 0 Å². The summed E-state index contributed by atoms with van der Waals surface area (Å²) in [5, 5.41) is 0. The molecule has 0 fully saturated rings. The van der Waals surface area contributed by atoms with Gasteiger partial charge in [0, 0.05) is 62.2 Å². The van der Waals surface area contributed by atoms with Crippen LogP contribution >= 0.6 is 0 Å². The minimum atomic E-state index is -0.857. The van der Waals surface area contributed by atoms with Crippen LogP contribution in [0.4, 0.5) is 0 Å². The number of allylic oxidation sites excluding steroid dienone is 4. The maximum Gasteiger partial charge on any atom is 0 e. The molecule has 1 nitrogen and oxygen atoms in total. The summed E-state index contributed by atoms with van der Waals surface area (Å²) in [5.41, 5.74) is 1.03. The molecule has 0 aromatic rings. The molecule has 0 aliphatic carbocycles. The van der Waals surface area contributed by atoms with E-state index in [1.807, 2.05) is 20.8 Å². The summed E-state index contributed by atoms with van der Waals surface area (Å²) in [6.07, 6.45) is 3.01. The summed E-state index contributed by atoms with van der Waals surface area (Å²) >= 11 is 0. The summed E-state index contributed by atoms with van der Waals surface area (Å²) in [4.78, 5) is 1.80. The van der Waals surface area contributed by atoms with Crippen molar-refractivity contribution < 1.29 is 66.4 Å². The first-order chi connectivity index (χ1) is 4.13. The maximum atomic E-state index is 11.1. The Balaban J connectivity index is 0. The molecule has 4 heteroatoms. The first-order valence-corrected chi connectivity index (χ1v) is 3.97. The van der Waals surface area contributed by atoms with Gasteiger partial charge in [0.15, 0.2) is 0 Å². The zero-order valence-corrected chi connectivity index (χ0v) is 16.0. The SMILES string of the molecule is CC1=[C-]C(C)=C(C)S1=O.[U].[U]. The largest absolute Gasteiger partial charge is 0.271 e. The molecule has 1 rings (SSSR count). The van der Waals surface area contributed by atoms with E-state index < -0.39 is 10.8 Å². The molecule has 1 unspecified atom stereocenters. The number of hydrogen-bond donors (Lipinski definition) is 0. The van der Waals surface area contributed by atoms with Crippen molar-refractivity contribution in [1.82, 2.24) is 0 Å². The minimum absolute atomic E-state index is 0. The van der Waals surface area contributed by atoms with Gasteiger partial charge in [0.2, 0.25) is 0 Å². The average molecular weight is 617 g/mol. The zero-order valence-electron chi connectivity index (χ0n) is 6.82. The van der Waals surface area contributed by atoms with Crippen molar-refractivity contribution in [3.63, 3.8) is 0 Å². The molecule has 58 valence electrons. The fourth-order valence-electron chi connectivity index (χ4n) is 0.767. The Labute approximate surface area is 118 Å². The molecule has 11 heavy (non-hydrogen) atoms. The summed E-state index contributed by atoms with van der Waals surface area (Å²) in [5.74, 6) is 0. The predicted molar refractivity (Wildman–Crippen MR) is 38.9 cm³/mol. The second kappa shape index (κ2) is 6.23. The Morgan fingerprint density at radius 1 is 1.18 bits per heavy atom. The van der Waals surface area contributed by atoms with Crippen molar-refractivity contribution in [1.29, 1.82) is 0 Å². The van der Waals surface area contributed by atoms with Crippen LogP contribution in [0, 0.1) is 68.3 Å². The normalized spacial score (nSPS) is 22.1. The third kappa shape index (κ3) is 3.54. The topological polar surface area (TPSA) is 17.1 Å². The molecule has 0 radical (unpaired) electrons. The van der Waals surface area contributed by atoms with Crippen LogP contribution in [-0.2, 0) is 10.8 Å². The minimum Gasteiger partial charge on any atom is -0.271 e. The van der Waals surface area contributed by atoms with Crippen molar-refractivity contribution in [2.24, 2.45) is 0 Å². The Kier molecular flexibility index (Phi) is 8.62. The summed E-state index contributed by atoms with van der Waals surface area (Å²) in [6, 6.07) is 0.